The highest BCUT2D eigenvalue weighted by atomic mass is 28.4. The second-order valence-electron chi connectivity index (χ2n) is 8.65. The molecule has 0 aliphatic rings. The van der Waals surface area contributed by atoms with Crippen LogP contribution in [0.4, 0.5) is 5.69 Å². The molecule has 0 radical (unpaired) electrons. The average Bonchev–Trinajstić information content (AvgIpc) is 2.70. The maximum Gasteiger partial charge on any atom is 0.337 e. The highest BCUT2D eigenvalue weighted by Gasteiger charge is 2.37. The van der Waals surface area contributed by atoms with E-state index in [-0.39, 0.29) is 10.9 Å². The maximum absolute atomic E-state index is 12.8. The molecule has 5 nitrogen and oxygen atoms in total. The summed E-state index contributed by atoms with van der Waals surface area (Å²) >= 11 is 0. The minimum atomic E-state index is -1.82. The second kappa shape index (κ2) is 8.92. The lowest BCUT2D eigenvalue weighted by molar-refractivity contribution is 0.0600. The van der Waals surface area contributed by atoms with E-state index in [2.05, 4.69) is 33.9 Å². The fourth-order valence-electron chi connectivity index (χ4n) is 2.49. The van der Waals surface area contributed by atoms with Gasteiger partial charge in [-0.1, -0.05) is 39.0 Å². The first-order chi connectivity index (χ1) is 13.5. The van der Waals surface area contributed by atoms with Gasteiger partial charge in [-0.15, -0.1) is 0 Å². The molecule has 29 heavy (non-hydrogen) atoms. The summed E-state index contributed by atoms with van der Waals surface area (Å²) in [6.45, 7) is 11.6. The van der Waals surface area contributed by atoms with Gasteiger partial charge in [0.25, 0.3) is 5.91 Å². The van der Waals surface area contributed by atoms with Crippen molar-refractivity contribution in [1.82, 2.24) is 0 Å². The fourth-order valence-corrected chi connectivity index (χ4v) is 3.45. The third-order valence-corrected chi connectivity index (χ3v) is 10.0. The second-order valence-corrected chi connectivity index (χ2v) is 13.5. The van der Waals surface area contributed by atoms with Crippen LogP contribution in [0, 0.1) is 0 Å². The molecular weight excluding hydrogens is 382 g/mol. The van der Waals surface area contributed by atoms with E-state index >= 15 is 0 Å². The molecule has 0 aliphatic carbocycles. The number of carbonyl (C=O) groups is 2. The lowest BCUT2D eigenvalue weighted by Gasteiger charge is -2.36. The van der Waals surface area contributed by atoms with E-state index in [1.807, 2.05) is 24.3 Å². The van der Waals surface area contributed by atoms with Gasteiger partial charge in [-0.25, -0.2) is 4.79 Å². The van der Waals surface area contributed by atoms with Crippen LogP contribution in [0.1, 0.15) is 47.1 Å². The smallest absolute Gasteiger partial charge is 0.337 e. The predicted octanol–water partition coefficient (Wildman–Crippen LogP) is 5.27. The zero-order valence-electron chi connectivity index (χ0n) is 18.4. The largest absolute Gasteiger partial charge is 0.465 e. The van der Waals surface area contributed by atoms with Crippen LogP contribution in [-0.2, 0) is 15.8 Å². The van der Waals surface area contributed by atoms with E-state index in [1.165, 1.54) is 12.0 Å². The van der Waals surface area contributed by atoms with Crippen molar-refractivity contribution in [2.75, 3.05) is 19.1 Å². The van der Waals surface area contributed by atoms with Gasteiger partial charge in [0.15, 0.2) is 8.32 Å². The molecule has 0 saturated heterocycles. The van der Waals surface area contributed by atoms with Gasteiger partial charge in [-0.3, -0.25) is 4.79 Å². The number of esters is 1. The van der Waals surface area contributed by atoms with Crippen LogP contribution >= 0.6 is 0 Å². The summed E-state index contributed by atoms with van der Waals surface area (Å²) in [5, 5.41) is 0.157. The Morgan fingerprint density at radius 3 is 2.17 bits per heavy atom. The predicted molar refractivity (Wildman–Crippen MR) is 119 cm³/mol. The Morgan fingerprint density at radius 2 is 1.62 bits per heavy atom. The van der Waals surface area contributed by atoms with Crippen molar-refractivity contribution < 1.29 is 18.8 Å². The number of amides is 1. The van der Waals surface area contributed by atoms with Crippen LogP contribution in [0.25, 0.3) is 0 Å². The molecule has 0 heterocycles. The molecule has 2 aromatic carbocycles. The quantitative estimate of drug-likeness (QED) is 0.478. The zero-order chi connectivity index (χ0) is 21.8. The van der Waals surface area contributed by atoms with Gasteiger partial charge in [0, 0.05) is 18.3 Å². The molecule has 0 aliphatic heterocycles. The number of rotatable bonds is 6. The Balaban J connectivity index is 2.09. The van der Waals surface area contributed by atoms with E-state index in [4.69, 9.17) is 9.16 Å². The minimum Gasteiger partial charge on any atom is -0.465 e. The van der Waals surface area contributed by atoms with Gasteiger partial charge in [0.05, 0.1) is 19.3 Å². The Labute approximate surface area is 174 Å². The summed E-state index contributed by atoms with van der Waals surface area (Å²) in [5.74, 6) is -0.581. The van der Waals surface area contributed by atoms with Crippen LogP contribution < -0.4 is 4.90 Å². The summed E-state index contributed by atoms with van der Waals surface area (Å²) in [7, 11) is 1.21. The van der Waals surface area contributed by atoms with Gasteiger partial charge in [-0.2, -0.15) is 0 Å². The summed E-state index contributed by atoms with van der Waals surface area (Å²) in [5.41, 5.74) is 2.65. The Morgan fingerprint density at radius 1 is 1.00 bits per heavy atom. The molecule has 0 aromatic heterocycles. The first-order valence-corrected chi connectivity index (χ1v) is 12.6. The number of methoxy groups -OCH3 is 1. The molecule has 2 rings (SSSR count). The topological polar surface area (TPSA) is 55.8 Å². The van der Waals surface area contributed by atoms with E-state index in [0.717, 1.165) is 5.56 Å². The monoisotopic (exact) mass is 413 g/mol. The molecule has 0 atom stereocenters. The van der Waals surface area contributed by atoms with Crippen LogP contribution in [0.5, 0.6) is 0 Å². The summed E-state index contributed by atoms with van der Waals surface area (Å²) < 4.78 is 11.0. The van der Waals surface area contributed by atoms with Gasteiger partial charge < -0.3 is 14.1 Å². The molecule has 0 fully saturated rings. The van der Waals surface area contributed by atoms with E-state index in [9.17, 15) is 9.59 Å². The molecular formula is C23H31NO4Si. The number of nitrogens with zero attached hydrogens (tertiary/aromatic N) is 1. The van der Waals surface area contributed by atoms with Crippen molar-refractivity contribution in [1.29, 1.82) is 0 Å². The SMILES string of the molecule is COC(=O)c1cccc(N(C)C(=O)c2ccc(CO[Si](C)(C)C(C)(C)C)cc2)c1. The van der Waals surface area contributed by atoms with Crippen molar-refractivity contribution in [3.63, 3.8) is 0 Å². The molecule has 0 spiro atoms. The summed E-state index contributed by atoms with van der Waals surface area (Å²) in [6, 6.07) is 14.3. The standard InChI is InChI=1S/C23H31NO4Si/c1-23(2,3)29(6,7)28-16-17-11-13-18(14-12-17)21(25)24(4)20-10-8-9-19(15-20)22(26)27-5/h8-15H,16H2,1-7H3. The van der Waals surface area contributed by atoms with Gasteiger partial charge in [0.2, 0.25) is 0 Å². The number of anilines is 1. The molecule has 156 valence electrons. The Kier molecular flexibility index (Phi) is 7.03. The first kappa shape index (κ1) is 22.8. The molecule has 0 unspecified atom stereocenters. The Hall–Kier alpha value is -2.44. The van der Waals surface area contributed by atoms with Gasteiger partial charge >= 0.3 is 5.97 Å². The third kappa shape index (κ3) is 5.55. The molecule has 0 saturated carbocycles. The minimum absolute atomic E-state index is 0.149. The molecule has 2 aromatic rings. The molecule has 6 heteroatoms. The summed E-state index contributed by atoms with van der Waals surface area (Å²) in [4.78, 5) is 26.1. The highest BCUT2D eigenvalue weighted by Crippen LogP contribution is 2.37. The van der Waals surface area contributed by atoms with Crippen LogP contribution in [0.15, 0.2) is 48.5 Å². The highest BCUT2D eigenvalue weighted by molar-refractivity contribution is 6.74. The van der Waals surface area contributed by atoms with E-state index in [1.54, 1.807) is 31.3 Å². The van der Waals surface area contributed by atoms with Crippen molar-refractivity contribution in [3.05, 3.63) is 65.2 Å². The average molecular weight is 414 g/mol. The molecule has 0 bridgehead atoms. The fraction of sp³-hybridized carbons (Fsp3) is 0.391. The van der Waals surface area contributed by atoms with Crippen molar-refractivity contribution in [2.24, 2.45) is 0 Å². The Bertz CT molecular complexity index is 869. The van der Waals surface area contributed by atoms with E-state index < -0.39 is 14.3 Å². The lowest BCUT2D eigenvalue weighted by Crippen LogP contribution is -2.40. The van der Waals surface area contributed by atoms with Crippen LogP contribution in [-0.4, -0.2) is 34.4 Å². The zero-order valence-corrected chi connectivity index (χ0v) is 19.4. The van der Waals surface area contributed by atoms with Crippen LogP contribution in [0.2, 0.25) is 18.1 Å². The number of carbonyl (C=O) groups excluding carboxylic acids is 2. The number of hydrogen-bond donors (Lipinski definition) is 0. The van der Waals surface area contributed by atoms with Gasteiger partial charge in [-0.05, 0) is 54.0 Å². The van der Waals surface area contributed by atoms with Crippen molar-refractivity contribution in [2.45, 2.75) is 45.5 Å². The van der Waals surface area contributed by atoms with Crippen molar-refractivity contribution >= 4 is 25.9 Å². The summed E-state index contributed by atoms with van der Waals surface area (Å²) in [6.07, 6.45) is 0. The maximum atomic E-state index is 12.8. The lowest BCUT2D eigenvalue weighted by atomic mass is 10.1. The third-order valence-electron chi connectivity index (χ3n) is 5.57. The normalized spacial score (nSPS) is 11.8. The first-order valence-electron chi connectivity index (χ1n) is 9.65. The number of hydrogen-bond acceptors (Lipinski definition) is 4. The van der Waals surface area contributed by atoms with E-state index in [0.29, 0.717) is 23.4 Å². The molecule has 0 N–H and O–H groups in total. The van der Waals surface area contributed by atoms with Crippen molar-refractivity contribution in [3.8, 4) is 0 Å². The van der Waals surface area contributed by atoms with Gasteiger partial charge in [0.1, 0.15) is 0 Å². The number of benzene rings is 2. The van der Waals surface area contributed by atoms with Crippen LogP contribution in [0.3, 0.4) is 0 Å². The number of ether oxygens (including phenoxy) is 1. The molecule has 1 amide bonds.